The summed E-state index contributed by atoms with van der Waals surface area (Å²) in [6.45, 7) is 8.92. The van der Waals surface area contributed by atoms with Crippen molar-refractivity contribution in [3.05, 3.63) is 40.4 Å². The van der Waals surface area contributed by atoms with E-state index in [1.54, 1.807) is 17.7 Å². The van der Waals surface area contributed by atoms with Crippen LogP contribution in [0, 0.1) is 25.7 Å². The number of aryl methyl sites for hydroxylation is 2. The van der Waals surface area contributed by atoms with Gasteiger partial charge in [0.05, 0.1) is 11.9 Å². The van der Waals surface area contributed by atoms with Crippen LogP contribution in [0.5, 0.6) is 0 Å². The number of aromatic nitrogens is 2. The van der Waals surface area contributed by atoms with Crippen LogP contribution in [0.2, 0.25) is 0 Å². The van der Waals surface area contributed by atoms with E-state index >= 15 is 0 Å². The van der Waals surface area contributed by atoms with E-state index < -0.39 is 0 Å². The molecule has 174 valence electrons. The second-order valence-electron chi connectivity index (χ2n) is 10.2. The highest BCUT2D eigenvalue weighted by molar-refractivity contribution is 7.18. The van der Waals surface area contributed by atoms with Crippen molar-refractivity contribution < 1.29 is 9.21 Å². The number of nitrogens with zero attached hydrogens (tertiary/aromatic N) is 4. The molecule has 2 unspecified atom stereocenters. The minimum absolute atomic E-state index is 0.0855. The van der Waals surface area contributed by atoms with Gasteiger partial charge in [0.25, 0.3) is 0 Å². The molecular formula is C26H32N4O2S. The summed E-state index contributed by atoms with van der Waals surface area (Å²) < 4.78 is 6.14. The quantitative estimate of drug-likeness (QED) is 0.487. The molecule has 4 heterocycles. The third-order valence-corrected chi connectivity index (χ3v) is 8.96. The molecule has 33 heavy (non-hydrogen) atoms. The fourth-order valence-electron chi connectivity index (χ4n) is 5.31. The zero-order valence-corrected chi connectivity index (χ0v) is 20.5. The first-order chi connectivity index (χ1) is 16.0. The minimum atomic E-state index is 0.0855. The summed E-state index contributed by atoms with van der Waals surface area (Å²) in [5.41, 5.74) is 1.28. The number of piperidine rings is 1. The molecule has 0 N–H and O–H groups in total. The molecule has 0 spiro atoms. The van der Waals surface area contributed by atoms with E-state index in [1.165, 1.54) is 22.2 Å². The summed E-state index contributed by atoms with van der Waals surface area (Å²) in [6, 6.07) is 4.59. The minimum Gasteiger partial charge on any atom is -0.464 e. The van der Waals surface area contributed by atoms with E-state index in [0.29, 0.717) is 24.4 Å². The number of hydrogen-bond donors (Lipinski definition) is 0. The van der Waals surface area contributed by atoms with Gasteiger partial charge in [0.2, 0.25) is 5.91 Å². The lowest BCUT2D eigenvalue weighted by molar-refractivity contribution is -0.137. The van der Waals surface area contributed by atoms with Gasteiger partial charge in [0.1, 0.15) is 28.5 Å². The molecule has 1 saturated heterocycles. The predicted molar refractivity (Wildman–Crippen MR) is 131 cm³/mol. The van der Waals surface area contributed by atoms with Gasteiger partial charge in [-0.05, 0) is 69.6 Å². The largest absolute Gasteiger partial charge is 0.464 e. The monoisotopic (exact) mass is 464 g/mol. The SMILES string of the molecule is Cc1sc2ncnc(N3CCC(C(=O)N(Cc4ccc(C5CC5C)o4)C4CC4)CC3)c2c1C. The molecule has 7 heteroatoms. The van der Waals surface area contributed by atoms with Gasteiger partial charge >= 0.3 is 0 Å². The van der Waals surface area contributed by atoms with E-state index in [1.807, 2.05) is 0 Å². The Morgan fingerprint density at radius 3 is 2.64 bits per heavy atom. The van der Waals surface area contributed by atoms with E-state index in [2.05, 4.69) is 52.7 Å². The smallest absolute Gasteiger partial charge is 0.226 e. The van der Waals surface area contributed by atoms with Gasteiger partial charge in [-0.1, -0.05) is 6.92 Å². The molecule has 2 aliphatic carbocycles. The molecule has 6 nitrogen and oxygen atoms in total. The number of carbonyl (C=O) groups is 1. The summed E-state index contributed by atoms with van der Waals surface area (Å²) >= 11 is 1.74. The van der Waals surface area contributed by atoms with Crippen molar-refractivity contribution in [2.24, 2.45) is 11.8 Å². The van der Waals surface area contributed by atoms with Crippen molar-refractivity contribution in [3.63, 3.8) is 0 Å². The van der Waals surface area contributed by atoms with E-state index in [4.69, 9.17) is 4.42 Å². The number of carbonyl (C=O) groups excluding carboxylic acids is 1. The van der Waals surface area contributed by atoms with Gasteiger partial charge in [0.15, 0.2) is 0 Å². The molecule has 3 aromatic rings. The summed E-state index contributed by atoms with van der Waals surface area (Å²) in [6.07, 6.45) is 6.89. The number of anilines is 1. The molecule has 0 radical (unpaired) electrons. The van der Waals surface area contributed by atoms with Crippen LogP contribution in [-0.4, -0.2) is 39.9 Å². The van der Waals surface area contributed by atoms with Crippen molar-refractivity contribution in [2.45, 2.75) is 71.4 Å². The van der Waals surface area contributed by atoms with Crippen molar-refractivity contribution in [2.75, 3.05) is 18.0 Å². The van der Waals surface area contributed by atoms with Crippen LogP contribution in [0.25, 0.3) is 10.2 Å². The van der Waals surface area contributed by atoms with E-state index in [-0.39, 0.29) is 5.92 Å². The molecule has 1 aliphatic heterocycles. The van der Waals surface area contributed by atoms with Crippen LogP contribution in [0.1, 0.15) is 66.9 Å². The van der Waals surface area contributed by atoms with Crippen LogP contribution in [0.4, 0.5) is 5.82 Å². The second kappa shape index (κ2) is 8.12. The Hall–Kier alpha value is -2.41. The summed E-state index contributed by atoms with van der Waals surface area (Å²) in [7, 11) is 0. The Morgan fingerprint density at radius 2 is 1.94 bits per heavy atom. The molecule has 3 aliphatic rings. The van der Waals surface area contributed by atoms with Gasteiger partial charge in [0, 0.05) is 35.8 Å². The fourth-order valence-corrected chi connectivity index (χ4v) is 6.31. The average Bonchev–Trinajstić information content (AvgIpc) is 3.73. The average molecular weight is 465 g/mol. The van der Waals surface area contributed by atoms with Crippen LogP contribution < -0.4 is 4.90 Å². The highest BCUT2D eigenvalue weighted by Gasteiger charge is 2.39. The predicted octanol–water partition coefficient (Wildman–Crippen LogP) is 5.43. The maximum absolute atomic E-state index is 13.5. The van der Waals surface area contributed by atoms with Crippen LogP contribution in [-0.2, 0) is 11.3 Å². The molecular weight excluding hydrogens is 432 g/mol. The number of fused-ring (bicyclic) bond motifs is 1. The van der Waals surface area contributed by atoms with E-state index in [9.17, 15) is 4.79 Å². The first kappa shape index (κ1) is 21.1. The van der Waals surface area contributed by atoms with Crippen LogP contribution >= 0.6 is 11.3 Å². The summed E-state index contributed by atoms with van der Waals surface area (Å²) in [4.78, 5) is 29.5. The number of hydrogen-bond acceptors (Lipinski definition) is 6. The topological polar surface area (TPSA) is 62.5 Å². The number of amides is 1. The Balaban J connectivity index is 1.13. The van der Waals surface area contributed by atoms with Crippen molar-refractivity contribution in [1.82, 2.24) is 14.9 Å². The van der Waals surface area contributed by atoms with E-state index in [0.717, 1.165) is 66.9 Å². The highest BCUT2D eigenvalue weighted by atomic mass is 32.1. The fraction of sp³-hybridized carbons (Fsp3) is 0.577. The first-order valence-corrected chi connectivity index (χ1v) is 13.2. The van der Waals surface area contributed by atoms with Gasteiger partial charge in [-0.15, -0.1) is 11.3 Å². The van der Waals surface area contributed by atoms with Gasteiger partial charge in [-0.2, -0.15) is 0 Å². The lowest BCUT2D eigenvalue weighted by Crippen LogP contribution is -2.43. The Kier molecular flexibility index (Phi) is 5.20. The number of furan rings is 1. The second-order valence-corrected chi connectivity index (χ2v) is 11.4. The maximum atomic E-state index is 13.5. The molecule has 0 aromatic carbocycles. The molecule has 3 aromatic heterocycles. The third kappa shape index (κ3) is 3.94. The molecule has 3 fully saturated rings. The van der Waals surface area contributed by atoms with Crippen molar-refractivity contribution in [1.29, 1.82) is 0 Å². The first-order valence-electron chi connectivity index (χ1n) is 12.3. The van der Waals surface area contributed by atoms with Gasteiger partial charge in [-0.3, -0.25) is 4.79 Å². The highest BCUT2D eigenvalue weighted by Crippen LogP contribution is 2.47. The Labute approximate surface area is 199 Å². The standard InChI is InChI=1S/C26H32N4O2S/c1-15-12-21(15)22-7-6-20(32-22)13-30(19-4-5-19)26(31)18-8-10-29(11-9-18)24-23-16(2)17(3)33-25(23)28-14-27-24/h6-7,14-15,18-19,21H,4-5,8-13H2,1-3H3. The zero-order valence-electron chi connectivity index (χ0n) is 19.7. The van der Waals surface area contributed by atoms with Crippen molar-refractivity contribution in [3.8, 4) is 0 Å². The molecule has 0 bridgehead atoms. The van der Waals surface area contributed by atoms with Gasteiger partial charge < -0.3 is 14.2 Å². The lowest BCUT2D eigenvalue weighted by atomic mass is 9.94. The summed E-state index contributed by atoms with van der Waals surface area (Å²) in [5.74, 6) is 4.78. The maximum Gasteiger partial charge on any atom is 0.226 e. The normalized spacial score (nSPS) is 23.3. The third-order valence-electron chi connectivity index (χ3n) is 7.84. The molecule has 2 saturated carbocycles. The summed E-state index contributed by atoms with van der Waals surface area (Å²) in [5, 5.41) is 1.18. The van der Waals surface area contributed by atoms with Crippen molar-refractivity contribution >= 4 is 33.3 Å². The molecule has 1 amide bonds. The molecule has 6 rings (SSSR count). The Bertz CT molecular complexity index is 1190. The molecule has 2 atom stereocenters. The van der Waals surface area contributed by atoms with Crippen LogP contribution in [0.15, 0.2) is 22.9 Å². The van der Waals surface area contributed by atoms with Gasteiger partial charge in [-0.25, -0.2) is 9.97 Å². The number of thiophene rings is 1. The zero-order chi connectivity index (χ0) is 22.7. The van der Waals surface area contributed by atoms with Crippen LogP contribution in [0.3, 0.4) is 0 Å². The number of rotatable bonds is 6. The Morgan fingerprint density at radius 1 is 1.18 bits per heavy atom. The lowest BCUT2D eigenvalue weighted by Gasteiger charge is -2.35.